The van der Waals surface area contributed by atoms with Gasteiger partial charge >= 0.3 is 0 Å². The predicted octanol–water partition coefficient (Wildman–Crippen LogP) is 2.50. The second-order valence-corrected chi connectivity index (χ2v) is 8.24. The van der Waals surface area contributed by atoms with Crippen LogP contribution in [0.4, 0.5) is 15.2 Å². The standard InChI is InChI=1S/C22H22FN5O3S/c23-16-2-5-18(6-3-16)27-9-11-28(12-10-27)20(30)8-4-17-14-32-22(25-17)26-21(31)15-1-7-19(29)24-13-15/h1-3,5-7,13-14H,4,8-12H2,(H,24,29)(H,25,26,31). The summed E-state index contributed by atoms with van der Waals surface area (Å²) < 4.78 is 13.1. The van der Waals surface area contributed by atoms with E-state index in [2.05, 4.69) is 20.2 Å². The second-order valence-electron chi connectivity index (χ2n) is 7.38. The Morgan fingerprint density at radius 2 is 1.84 bits per heavy atom. The van der Waals surface area contributed by atoms with E-state index in [-0.39, 0.29) is 23.2 Å². The number of hydrogen-bond acceptors (Lipinski definition) is 6. The molecule has 1 fully saturated rings. The molecule has 2 N–H and O–H groups in total. The zero-order chi connectivity index (χ0) is 22.5. The molecule has 1 aliphatic rings. The lowest BCUT2D eigenvalue weighted by molar-refractivity contribution is -0.131. The van der Waals surface area contributed by atoms with Crippen LogP contribution >= 0.6 is 11.3 Å². The van der Waals surface area contributed by atoms with Crippen molar-refractivity contribution in [3.8, 4) is 0 Å². The van der Waals surface area contributed by atoms with Crippen LogP contribution in [-0.4, -0.2) is 52.9 Å². The number of nitrogens with one attached hydrogen (secondary N) is 2. The highest BCUT2D eigenvalue weighted by atomic mass is 32.1. The molecule has 1 aromatic carbocycles. The van der Waals surface area contributed by atoms with Crippen LogP contribution in [-0.2, 0) is 11.2 Å². The van der Waals surface area contributed by atoms with Crippen molar-refractivity contribution in [2.75, 3.05) is 36.4 Å². The molecule has 32 heavy (non-hydrogen) atoms. The van der Waals surface area contributed by atoms with Gasteiger partial charge in [-0.1, -0.05) is 0 Å². The average molecular weight is 456 g/mol. The van der Waals surface area contributed by atoms with Crippen molar-refractivity contribution in [1.82, 2.24) is 14.9 Å². The molecule has 8 nitrogen and oxygen atoms in total. The zero-order valence-electron chi connectivity index (χ0n) is 17.2. The summed E-state index contributed by atoms with van der Waals surface area (Å²) in [7, 11) is 0. The van der Waals surface area contributed by atoms with E-state index in [1.54, 1.807) is 12.1 Å². The Morgan fingerprint density at radius 1 is 1.09 bits per heavy atom. The maximum atomic E-state index is 13.1. The third-order valence-corrected chi connectivity index (χ3v) is 6.04. The molecule has 0 atom stereocenters. The summed E-state index contributed by atoms with van der Waals surface area (Å²) in [6.45, 7) is 2.64. The normalized spacial score (nSPS) is 13.8. The van der Waals surface area contributed by atoms with E-state index in [1.165, 1.54) is 41.8 Å². The van der Waals surface area contributed by atoms with Crippen LogP contribution in [0, 0.1) is 5.82 Å². The number of carbonyl (C=O) groups is 2. The van der Waals surface area contributed by atoms with E-state index in [9.17, 15) is 18.8 Å². The number of thiazole rings is 1. The molecular weight excluding hydrogens is 433 g/mol. The van der Waals surface area contributed by atoms with Crippen molar-refractivity contribution in [2.24, 2.45) is 0 Å². The van der Waals surface area contributed by atoms with Gasteiger partial charge in [0.05, 0.1) is 11.3 Å². The number of amides is 2. The number of benzene rings is 1. The number of piperazine rings is 1. The van der Waals surface area contributed by atoms with Crippen LogP contribution in [0.15, 0.2) is 52.8 Å². The molecule has 10 heteroatoms. The summed E-state index contributed by atoms with van der Waals surface area (Å²) >= 11 is 1.29. The average Bonchev–Trinajstić information content (AvgIpc) is 3.26. The van der Waals surface area contributed by atoms with Crippen LogP contribution in [0.5, 0.6) is 0 Å². The molecule has 0 spiro atoms. The third kappa shape index (κ3) is 5.38. The van der Waals surface area contributed by atoms with Crippen molar-refractivity contribution >= 4 is 34.0 Å². The molecule has 3 heterocycles. The number of hydrogen-bond donors (Lipinski definition) is 2. The summed E-state index contributed by atoms with van der Waals surface area (Å²) in [5.74, 6) is -0.559. The minimum atomic E-state index is -0.364. The van der Waals surface area contributed by atoms with Gasteiger partial charge in [0.2, 0.25) is 11.5 Å². The topological polar surface area (TPSA) is 98.4 Å². The van der Waals surface area contributed by atoms with E-state index in [0.29, 0.717) is 49.7 Å². The number of aryl methyl sites for hydroxylation is 1. The SMILES string of the molecule is O=C(Nc1nc(CCC(=O)N2CCN(c3ccc(F)cc3)CC2)cs1)c1ccc(=O)[nH]c1. The number of anilines is 2. The van der Waals surface area contributed by atoms with E-state index in [1.807, 2.05) is 10.3 Å². The number of pyridine rings is 1. The van der Waals surface area contributed by atoms with Crippen molar-refractivity contribution in [1.29, 1.82) is 0 Å². The monoisotopic (exact) mass is 455 g/mol. The molecule has 0 bridgehead atoms. The molecule has 0 saturated carbocycles. The Kier molecular flexibility index (Phi) is 6.60. The maximum absolute atomic E-state index is 13.1. The second kappa shape index (κ2) is 9.73. The lowest BCUT2D eigenvalue weighted by atomic mass is 10.2. The van der Waals surface area contributed by atoms with Gasteiger partial charge in [0.1, 0.15) is 5.82 Å². The first-order chi connectivity index (χ1) is 15.5. The minimum absolute atomic E-state index is 0.0654. The molecule has 3 aromatic rings. The Labute approximate surface area is 187 Å². The van der Waals surface area contributed by atoms with E-state index < -0.39 is 0 Å². The fourth-order valence-electron chi connectivity index (χ4n) is 3.46. The number of aromatic nitrogens is 2. The largest absolute Gasteiger partial charge is 0.368 e. The van der Waals surface area contributed by atoms with Crippen molar-refractivity contribution in [3.05, 3.63) is 75.4 Å². The maximum Gasteiger partial charge on any atom is 0.258 e. The number of carbonyl (C=O) groups excluding carboxylic acids is 2. The van der Waals surface area contributed by atoms with Crippen LogP contribution in [0.1, 0.15) is 22.5 Å². The first-order valence-electron chi connectivity index (χ1n) is 10.2. The first-order valence-corrected chi connectivity index (χ1v) is 11.1. The van der Waals surface area contributed by atoms with Gasteiger partial charge in [0.15, 0.2) is 5.13 Å². The number of rotatable bonds is 6. The third-order valence-electron chi connectivity index (χ3n) is 5.24. The quantitative estimate of drug-likeness (QED) is 0.595. The number of H-pyrrole nitrogens is 1. The summed E-state index contributed by atoms with van der Waals surface area (Å²) in [6.07, 6.45) is 2.18. The summed E-state index contributed by atoms with van der Waals surface area (Å²) in [5.41, 5.74) is 1.75. The Morgan fingerprint density at radius 3 is 2.53 bits per heavy atom. The lowest BCUT2D eigenvalue weighted by Gasteiger charge is -2.36. The Bertz CT molecular complexity index is 1130. The molecule has 4 rings (SSSR count). The van der Waals surface area contributed by atoms with Gasteiger partial charge in [-0.3, -0.25) is 19.7 Å². The smallest absolute Gasteiger partial charge is 0.258 e. The van der Waals surface area contributed by atoms with Crippen LogP contribution in [0.2, 0.25) is 0 Å². The molecule has 1 saturated heterocycles. The molecule has 0 aliphatic carbocycles. The zero-order valence-corrected chi connectivity index (χ0v) is 18.0. The summed E-state index contributed by atoms with van der Waals surface area (Å²) in [5, 5.41) is 4.96. The van der Waals surface area contributed by atoms with Crippen molar-refractivity contribution in [2.45, 2.75) is 12.8 Å². The predicted molar refractivity (Wildman–Crippen MR) is 121 cm³/mol. The molecule has 2 amide bonds. The van der Waals surface area contributed by atoms with E-state index in [0.717, 1.165) is 11.4 Å². The van der Waals surface area contributed by atoms with Gasteiger partial charge in [0.25, 0.3) is 5.91 Å². The lowest BCUT2D eigenvalue weighted by Crippen LogP contribution is -2.48. The van der Waals surface area contributed by atoms with E-state index in [4.69, 9.17) is 0 Å². The fraction of sp³-hybridized carbons (Fsp3) is 0.273. The summed E-state index contributed by atoms with van der Waals surface area (Å²) in [6, 6.07) is 9.12. The highest BCUT2D eigenvalue weighted by molar-refractivity contribution is 7.14. The van der Waals surface area contributed by atoms with Gasteiger partial charge in [0, 0.05) is 55.9 Å². The Balaban J connectivity index is 1.24. The van der Waals surface area contributed by atoms with Crippen LogP contribution in [0.25, 0.3) is 0 Å². The van der Waals surface area contributed by atoms with E-state index >= 15 is 0 Å². The Hall–Kier alpha value is -3.53. The van der Waals surface area contributed by atoms with Gasteiger partial charge < -0.3 is 14.8 Å². The molecular formula is C22H22FN5O3S. The minimum Gasteiger partial charge on any atom is -0.368 e. The van der Waals surface area contributed by atoms with Gasteiger partial charge in [-0.2, -0.15) is 0 Å². The van der Waals surface area contributed by atoms with Crippen LogP contribution < -0.4 is 15.8 Å². The summed E-state index contributed by atoms with van der Waals surface area (Å²) in [4.78, 5) is 46.7. The van der Waals surface area contributed by atoms with Crippen LogP contribution in [0.3, 0.4) is 0 Å². The van der Waals surface area contributed by atoms with Gasteiger partial charge in [-0.25, -0.2) is 9.37 Å². The molecule has 1 aliphatic heterocycles. The highest BCUT2D eigenvalue weighted by Gasteiger charge is 2.21. The molecule has 0 unspecified atom stereocenters. The molecule has 2 aromatic heterocycles. The van der Waals surface area contributed by atoms with Gasteiger partial charge in [-0.05, 0) is 36.8 Å². The van der Waals surface area contributed by atoms with Crippen molar-refractivity contribution < 1.29 is 14.0 Å². The highest BCUT2D eigenvalue weighted by Crippen LogP contribution is 2.19. The number of nitrogens with zero attached hydrogens (tertiary/aromatic N) is 3. The van der Waals surface area contributed by atoms with Gasteiger partial charge in [-0.15, -0.1) is 11.3 Å². The molecule has 0 radical (unpaired) electrons. The number of halogens is 1. The first kappa shape index (κ1) is 21.7. The molecule has 166 valence electrons. The fourth-order valence-corrected chi connectivity index (χ4v) is 4.20. The van der Waals surface area contributed by atoms with Crippen molar-refractivity contribution in [3.63, 3.8) is 0 Å². The number of aromatic amines is 1.